The highest BCUT2D eigenvalue weighted by Gasteiger charge is 2.54. The molecule has 2 amide bonds. The van der Waals surface area contributed by atoms with Gasteiger partial charge < -0.3 is 24.7 Å². The molecule has 0 bridgehead atoms. The maximum absolute atomic E-state index is 12.9. The molecule has 2 fully saturated rings. The van der Waals surface area contributed by atoms with Crippen LogP contribution in [-0.4, -0.2) is 102 Å². The molecule has 0 radical (unpaired) electrons. The Morgan fingerprint density at radius 2 is 1.63 bits per heavy atom. The van der Waals surface area contributed by atoms with Gasteiger partial charge in [-0.15, -0.1) is 0 Å². The molecule has 0 atom stereocenters. The molecule has 1 saturated heterocycles. The smallest absolute Gasteiger partial charge is 0.480 e. The summed E-state index contributed by atoms with van der Waals surface area (Å²) in [5.74, 6) is -3.73. The summed E-state index contributed by atoms with van der Waals surface area (Å²) in [5, 5.41) is 16.3. The SMILES string of the molecule is COCCN1C(=O)N(CC(=O)O)CC12CCC(c1ccccc1)(N(C)C)CC2.O=C(O)C(F)(F)F. The van der Waals surface area contributed by atoms with Crippen molar-refractivity contribution >= 4 is 18.0 Å². The molecule has 1 aromatic carbocycles. The van der Waals surface area contributed by atoms with Gasteiger partial charge in [0.2, 0.25) is 0 Å². The summed E-state index contributed by atoms with van der Waals surface area (Å²) in [4.78, 5) is 38.7. The molecular formula is C23H32F3N3O6. The van der Waals surface area contributed by atoms with Gasteiger partial charge in [0.15, 0.2) is 0 Å². The maximum atomic E-state index is 12.9. The van der Waals surface area contributed by atoms with E-state index in [1.165, 1.54) is 10.5 Å². The fraction of sp³-hybridized carbons (Fsp3) is 0.609. The molecule has 0 unspecified atom stereocenters. The lowest BCUT2D eigenvalue weighted by Gasteiger charge is -2.51. The number of alkyl halides is 3. The van der Waals surface area contributed by atoms with Crippen molar-refractivity contribution in [3.63, 3.8) is 0 Å². The second-order valence-electron chi connectivity index (χ2n) is 9.00. The zero-order chi connectivity index (χ0) is 26.4. The number of carbonyl (C=O) groups is 3. The second kappa shape index (κ2) is 11.3. The van der Waals surface area contributed by atoms with E-state index in [-0.39, 0.29) is 23.7 Å². The Balaban J connectivity index is 0.000000540. The van der Waals surface area contributed by atoms with Crippen LogP contribution in [0.15, 0.2) is 30.3 Å². The lowest BCUT2D eigenvalue weighted by molar-refractivity contribution is -0.192. The number of carboxylic acid groups (broad SMARTS) is 2. The standard InChI is InChI=1S/C21H31N3O4.C2HF3O2/c1-22(2)21(17-7-5-4-6-8-17)11-9-20(10-12-21)16-23(15-18(25)26)19(27)24(20)13-14-28-3;3-2(4,5)1(6)7/h4-8H,9-16H2,1-3H3,(H,25,26);(H,6,7). The fourth-order valence-electron chi connectivity index (χ4n) is 4.98. The van der Waals surface area contributed by atoms with Gasteiger partial charge in [-0.1, -0.05) is 30.3 Å². The zero-order valence-electron chi connectivity index (χ0n) is 20.0. The van der Waals surface area contributed by atoms with Gasteiger partial charge in [0.05, 0.1) is 12.1 Å². The topological polar surface area (TPSA) is 111 Å². The minimum absolute atomic E-state index is 0.0668. The minimum Gasteiger partial charge on any atom is -0.480 e. The summed E-state index contributed by atoms with van der Waals surface area (Å²) in [6, 6.07) is 10.3. The predicted octanol–water partition coefficient (Wildman–Crippen LogP) is 2.86. The van der Waals surface area contributed by atoms with Crippen molar-refractivity contribution < 1.29 is 42.5 Å². The van der Waals surface area contributed by atoms with Crippen molar-refractivity contribution in [2.45, 2.75) is 42.9 Å². The molecule has 0 aromatic heterocycles. The van der Waals surface area contributed by atoms with E-state index in [1.807, 2.05) is 11.0 Å². The molecule has 1 heterocycles. The van der Waals surface area contributed by atoms with Crippen LogP contribution in [0, 0.1) is 0 Å². The molecular weight excluding hydrogens is 471 g/mol. The molecule has 1 saturated carbocycles. The minimum atomic E-state index is -5.08. The van der Waals surface area contributed by atoms with Crippen LogP contribution in [0.3, 0.4) is 0 Å². The molecule has 35 heavy (non-hydrogen) atoms. The number of carboxylic acids is 2. The lowest BCUT2D eigenvalue weighted by Crippen LogP contribution is -2.56. The summed E-state index contributed by atoms with van der Waals surface area (Å²) in [7, 11) is 5.85. The van der Waals surface area contributed by atoms with Crippen LogP contribution in [0.1, 0.15) is 31.2 Å². The van der Waals surface area contributed by atoms with Crippen molar-refractivity contribution in [3.8, 4) is 0 Å². The Hall–Kier alpha value is -2.86. The molecule has 9 nitrogen and oxygen atoms in total. The van der Waals surface area contributed by atoms with Crippen LogP contribution >= 0.6 is 0 Å². The first-order valence-corrected chi connectivity index (χ1v) is 11.1. The summed E-state index contributed by atoms with van der Waals surface area (Å²) < 4.78 is 37.0. The van der Waals surface area contributed by atoms with Crippen LogP contribution in [0.25, 0.3) is 0 Å². The Kier molecular flexibility index (Phi) is 9.12. The number of methoxy groups -OCH3 is 1. The first-order chi connectivity index (χ1) is 16.3. The van der Waals surface area contributed by atoms with E-state index in [0.717, 1.165) is 25.7 Å². The van der Waals surface area contributed by atoms with Crippen molar-refractivity contribution in [2.24, 2.45) is 0 Å². The number of ether oxygens (including phenoxy) is 1. The summed E-state index contributed by atoms with van der Waals surface area (Å²) in [6.45, 7) is 1.17. The van der Waals surface area contributed by atoms with E-state index in [1.54, 1.807) is 7.11 Å². The van der Waals surface area contributed by atoms with Gasteiger partial charge in [-0.05, 0) is 45.3 Å². The summed E-state index contributed by atoms with van der Waals surface area (Å²) >= 11 is 0. The Bertz CT molecular complexity index is 886. The van der Waals surface area contributed by atoms with E-state index in [2.05, 4.69) is 43.3 Å². The zero-order valence-corrected chi connectivity index (χ0v) is 20.0. The van der Waals surface area contributed by atoms with E-state index >= 15 is 0 Å². The van der Waals surface area contributed by atoms with Crippen molar-refractivity contribution in [1.29, 1.82) is 0 Å². The molecule has 2 aliphatic rings. The average molecular weight is 504 g/mol. The Morgan fingerprint density at radius 3 is 2.06 bits per heavy atom. The number of hydrogen-bond donors (Lipinski definition) is 2. The summed E-state index contributed by atoms with van der Waals surface area (Å²) in [6.07, 6.45) is -1.57. The molecule has 1 aliphatic carbocycles. The highest BCUT2D eigenvalue weighted by molar-refractivity contribution is 5.83. The van der Waals surface area contributed by atoms with Gasteiger partial charge in [0.25, 0.3) is 0 Å². The van der Waals surface area contributed by atoms with E-state index in [9.17, 15) is 27.9 Å². The van der Waals surface area contributed by atoms with Gasteiger partial charge in [-0.25, -0.2) is 9.59 Å². The third-order valence-electron chi connectivity index (χ3n) is 6.82. The van der Waals surface area contributed by atoms with Gasteiger partial charge in [0, 0.05) is 25.7 Å². The molecule has 12 heteroatoms. The number of amides is 2. The van der Waals surface area contributed by atoms with Crippen LogP contribution in [0.2, 0.25) is 0 Å². The number of carbonyl (C=O) groups excluding carboxylic acids is 1. The molecule has 2 N–H and O–H groups in total. The number of hydrogen-bond acceptors (Lipinski definition) is 5. The van der Waals surface area contributed by atoms with Crippen LogP contribution in [0.5, 0.6) is 0 Å². The van der Waals surface area contributed by atoms with E-state index in [4.69, 9.17) is 14.6 Å². The largest absolute Gasteiger partial charge is 0.490 e. The molecule has 1 spiro atoms. The number of rotatable bonds is 7. The quantitative estimate of drug-likeness (QED) is 0.589. The maximum Gasteiger partial charge on any atom is 0.490 e. The average Bonchev–Trinajstić information content (AvgIpc) is 3.03. The third-order valence-corrected chi connectivity index (χ3v) is 6.82. The van der Waals surface area contributed by atoms with Crippen molar-refractivity contribution in [3.05, 3.63) is 35.9 Å². The van der Waals surface area contributed by atoms with Crippen LogP contribution in [-0.2, 0) is 19.9 Å². The van der Waals surface area contributed by atoms with Crippen LogP contribution in [0.4, 0.5) is 18.0 Å². The first-order valence-electron chi connectivity index (χ1n) is 11.1. The molecule has 1 aromatic rings. The van der Waals surface area contributed by atoms with Gasteiger partial charge in [-0.3, -0.25) is 9.69 Å². The Morgan fingerprint density at radius 1 is 1.09 bits per heavy atom. The Labute approximate surface area is 202 Å². The third kappa shape index (κ3) is 6.43. The number of aliphatic carboxylic acids is 2. The van der Waals surface area contributed by atoms with Gasteiger partial charge in [0.1, 0.15) is 6.54 Å². The van der Waals surface area contributed by atoms with Gasteiger partial charge >= 0.3 is 24.1 Å². The second-order valence-corrected chi connectivity index (χ2v) is 9.00. The highest BCUT2D eigenvalue weighted by Crippen LogP contribution is 2.48. The normalized spacial score (nSPS) is 24.5. The predicted molar refractivity (Wildman–Crippen MR) is 120 cm³/mol. The molecule has 1 aliphatic heterocycles. The summed E-state index contributed by atoms with van der Waals surface area (Å²) in [5.41, 5.74) is 0.909. The monoisotopic (exact) mass is 503 g/mol. The lowest BCUT2D eigenvalue weighted by atomic mass is 9.68. The number of benzene rings is 1. The van der Waals surface area contributed by atoms with Crippen molar-refractivity contribution in [2.75, 3.05) is 47.4 Å². The number of nitrogens with zero attached hydrogens (tertiary/aromatic N) is 3. The van der Waals surface area contributed by atoms with E-state index < -0.39 is 18.1 Å². The molecule has 196 valence electrons. The van der Waals surface area contributed by atoms with Crippen LogP contribution < -0.4 is 0 Å². The van der Waals surface area contributed by atoms with Gasteiger partial charge in [-0.2, -0.15) is 13.2 Å². The fourth-order valence-corrected chi connectivity index (χ4v) is 4.98. The number of halogens is 3. The highest BCUT2D eigenvalue weighted by atomic mass is 19.4. The van der Waals surface area contributed by atoms with E-state index in [0.29, 0.717) is 19.7 Å². The first kappa shape index (κ1) is 28.4. The molecule has 3 rings (SSSR count). The number of urea groups is 1. The van der Waals surface area contributed by atoms with Crippen molar-refractivity contribution in [1.82, 2.24) is 14.7 Å².